The molecule has 0 bridgehead atoms. The van der Waals surface area contributed by atoms with Crippen LogP contribution in [0.1, 0.15) is 38.2 Å². The van der Waals surface area contributed by atoms with Crippen LogP contribution in [0.4, 0.5) is 5.69 Å². The summed E-state index contributed by atoms with van der Waals surface area (Å²) in [6, 6.07) is 5.58. The molecular weight excluding hydrogens is 292 g/mol. The van der Waals surface area contributed by atoms with Gasteiger partial charge in [0.15, 0.2) is 6.61 Å². The number of hydrogen-bond acceptors (Lipinski definition) is 3. The Kier molecular flexibility index (Phi) is 4.84. The molecule has 1 saturated carbocycles. The third-order valence-corrected chi connectivity index (χ3v) is 4.36. The molecule has 23 heavy (non-hydrogen) atoms. The monoisotopic (exact) mass is 316 g/mol. The molecule has 1 aliphatic carbocycles. The van der Waals surface area contributed by atoms with Crippen molar-refractivity contribution in [2.24, 2.45) is 5.92 Å². The number of ether oxygens (including phenoxy) is 1. The Labute approximate surface area is 137 Å². The maximum Gasteiger partial charge on any atom is 0.260 e. The quantitative estimate of drug-likeness (QED) is 0.841. The van der Waals surface area contributed by atoms with E-state index < -0.39 is 0 Å². The summed E-state index contributed by atoms with van der Waals surface area (Å²) in [5.41, 5.74) is 1.92. The average molecular weight is 316 g/mol. The Morgan fingerprint density at radius 1 is 1.35 bits per heavy atom. The van der Waals surface area contributed by atoms with Gasteiger partial charge < -0.3 is 15.0 Å². The maximum atomic E-state index is 12.3. The van der Waals surface area contributed by atoms with E-state index in [-0.39, 0.29) is 18.4 Å². The standard InChI is InChI=1S/C18H24N2O3/c1-2-9-20(11-13-3-4-13)18(22)12-23-15-6-7-16-14(10-15)5-8-17(21)19-16/h6-7,10,13H,2-5,8-9,11-12H2,1H3,(H,19,21). The van der Waals surface area contributed by atoms with Crippen molar-refractivity contribution in [3.8, 4) is 5.75 Å². The number of carbonyl (C=O) groups excluding carboxylic acids is 2. The third kappa shape index (κ3) is 4.24. The Hall–Kier alpha value is -2.04. The van der Waals surface area contributed by atoms with Crippen molar-refractivity contribution in [2.75, 3.05) is 25.0 Å². The van der Waals surface area contributed by atoms with Crippen molar-refractivity contribution in [3.63, 3.8) is 0 Å². The Bertz CT molecular complexity index is 596. The van der Waals surface area contributed by atoms with Crippen LogP contribution in [0.15, 0.2) is 18.2 Å². The van der Waals surface area contributed by atoms with Gasteiger partial charge in [0.1, 0.15) is 5.75 Å². The van der Waals surface area contributed by atoms with E-state index in [4.69, 9.17) is 4.74 Å². The van der Waals surface area contributed by atoms with Gasteiger partial charge in [-0.15, -0.1) is 0 Å². The maximum absolute atomic E-state index is 12.3. The molecule has 1 heterocycles. The number of nitrogens with zero attached hydrogens (tertiary/aromatic N) is 1. The van der Waals surface area contributed by atoms with E-state index in [1.54, 1.807) is 0 Å². The van der Waals surface area contributed by atoms with Gasteiger partial charge in [0.05, 0.1) is 0 Å². The predicted molar refractivity (Wildman–Crippen MR) is 88.5 cm³/mol. The number of rotatable bonds is 7. The lowest BCUT2D eigenvalue weighted by atomic mass is 10.0. The second kappa shape index (κ2) is 7.02. The molecule has 1 fully saturated rings. The fourth-order valence-electron chi connectivity index (χ4n) is 2.89. The lowest BCUT2D eigenvalue weighted by Crippen LogP contribution is -2.37. The molecule has 2 aliphatic rings. The lowest BCUT2D eigenvalue weighted by Gasteiger charge is -2.22. The van der Waals surface area contributed by atoms with Crippen molar-refractivity contribution >= 4 is 17.5 Å². The van der Waals surface area contributed by atoms with Crippen LogP contribution in [0.2, 0.25) is 0 Å². The van der Waals surface area contributed by atoms with E-state index >= 15 is 0 Å². The number of fused-ring (bicyclic) bond motifs is 1. The van der Waals surface area contributed by atoms with Crippen LogP contribution in [-0.2, 0) is 16.0 Å². The Balaban J connectivity index is 1.56. The largest absolute Gasteiger partial charge is 0.484 e. The van der Waals surface area contributed by atoms with Crippen LogP contribution in [0.5, 0.6) is 5.75 Å². The van der Waals surface area contributed by atoms with E-state index in [1.165, 1.54) is 12.8 Å². The van der Waals surface area contributed by atoms with Crippen molar-refractivity contribution in [3.05, 3.63) is 23.8 Å². The summed E-state index contributed by atoms with van der Waals surface area (Å²) < 4.78 is 5.69. The summed E-state index contributed by atoms with van der Waals surface area (Å²) in [6.07, 6.45) is 4.67. The molecule has 2 amide bonds. The van der Waals surface area contributed by atoms with Gasteiger partial charge in [0, 0.05) is 25.2 Å². The van der Waals surface area contributed by atoms with E-state index in [9.17, 15) is 9.59 Å². The summed E-state index contributed by atoms with van der Waals surface area (Å²) in [6.45, 7) is 3.84. The number of amides is 2. The number of benzene rings is 1. The fraction of sp³-hybridized carbons (Fsp3) is 0.556. The Morgan fingerprint density at radius 2 is 2.17 bits per heavy atom. The van der Waals surface area contributed by atoms with Crippen LogP contribution in [-0.4, -0.2) is 36.4 Å². The SMILES string of the molecule is CCCN(CC1CC1)C(=O)COc1ccc2c(c1)CCC(=O)N2. The minimum atomic E-state index is 0.0524. The first kappa shape index (κ1) is 15.8. The molecule has 3 rings (SSSR count). The number of anilines is 1. The summed E-state index contributed by atoms with van der Waals surface area (Å²) in [5, 5.41) is 2.85. The number of hydrogen-bond donors (Lipinski definition) is 1. The van der Waals surface area contributed by atoms with Crippen LogP contribution in [0.25, 0.3) is 0 Å². The zero-order valence-electron chi connectivity index (χ0n) is 13.6. The molecule has 1 aromatic rings. The summed E-state index contributed by atoms with van der Waals surface area (Å²) in [7, 11) is 0. The fourth-order valence-corrected chi connectivity index (χ4v) is 2.89. The molecule has 1 N–H and O–H groups in total. The number of aryl methyl sites for hydroxylation is 1. The summed E-state index contributed by atoms with van der Waals surface area (Å²) in [5.74, 6) is 1.50. The molecule has 0 atom stereocenters. The van der Waals surface area contributed by atoms with Gasteiger partial charge in [-0.1, -0.05) is 6.92 Å². The molecule has 0 saturated heterocycles. The molecule has 1 aliphatic heterocycles. The Morgan fingerprint density at radius 3 is 2.91 bits per heavy atom. The minimum Gasteiger partial charge on any atom is -0.484 e. The average Bonchev–Trinajstić information content (AvgIpc) is 3.36. The molecule has 5 nitrogen and oxygen atoms in total. The van der Waals surface area contributed by atoms with Gasteiger partial charge in [0.25, 0.3) is 5.91 Å². The van der Waals surface area contributed by atoms with E-state index in [2.05, 4.69) is 12.2 Å². The first-order valence-electron chi connectivity index (χ1n) is 8.49. The van der Waals surface area contributed by atoms with Crippen LogP contribution < -0.4 is 10.1 Å². The highest BCUT2D eigenvalue weighted by Crippen LogP contribution is 2.30. The van der Waals surface area contributed by atoms with Crippen molar-refractivity contribution in [2.45, 2.75) is 39.0 Å². The molecule has 0 radical (unpaired) electrons. The first-order valence-corrected chi connectivity index (χ1v) is 8.49. The molecule has 0 unspecified atom stereocenters. The predicted octanol–water partition coefficient (Wildman–Crippen LogP) is 2.60. The molecule has 0 spiro atoms. The van der Waals surface area contributed by atoms with E-state index in [0.29, 0.717) is 18.1 Å². The number of carbonyl (C=O) groups is 2. The van der Waals surface area contributed by atoms with Crippen molar-refractivity contribution < 1.29 is 14.3 Å². The summed E-state index contributed by atoms with van der Waals surface area (Å²) in [4.78, 5) is 25.6. The third-order valence-electron chi connectivity index (χ3n) is 4.36. The minimum absolute atomic E-state index is 0.0524. The van der Waals surface area contributed by atoms with Gasteiger partial charge in [-0.3, -0.25) is 9.59 Å². The molecule has 1 aromatic carbocycles. The van der Waals surface area contributed by atoms with Crippen molar-refractivity contribution in [1.29, 1.82) is 0 Å². The molecule has 5 heteroatoms. The van der Waals surface area contributed by atoms with E-state index in [1.807, 2.05) is 23.1 Å². The molecular formula is C18H24N2O3. The van der Waals surface area contributed by atoms with Crippen molar-refractivity contribution in [1.82, 2.24) is 4.90 Å². The highest BCUT2D eigenvalue weighted by atomic mass is 16.5. The van der Waals surface area contributed by atoms with Gasteiger partial charge in [0.2, 0.25) is 5.91 Å². The van der Waals surface area contributed by atoms with Gasteiger partial charge >= 0.3 is 0 Å². The zero-order valence-corrected chi connectivity index (χ0v) is 13.6. The van der Waals surface area contributed by atoms with Crippen LogP contribution in [0, 0.1) is 5.92 Å². The smallest absolute Gasteiger partial charge is 0.260 e. The lowest BCUT2D eigenvalue weighted by molar-refractivity contribution is -0.133. The van der Waals surface area contributed by atoms with Gasteiger partial charge in [-0.05, 0) is 55.4 Å². The molecule has 124 valence electrons. The van der Waals surface area contributed by atoms with Gasteiger partial charge in [-0.25, -0.2) is 0 Å². The van der Waals surface area contributed by atoms with E-state index in [0.717, 1.165) is 37.2 Å². The first-order chi connectivity index (χ1) is 11.2. The number of nitrogens with one attached hydrogen (secondary N) is 1. The highest BCUT2D eigenvalue weighted by molar-refractivity contribution is 5.94. The highest BCUT2D eigenvalue weighted by Gasteiger charge is 2.26. The van der Waals surface area contributed by atoms with Gasteiger partial charge in [-0.2, -0.15) is 0 Å². The molecule has 0 aromatic heterocycles. The topological polar surface area (TPSA) is 58.6 Å². The second-order valence-corrected chi connectivity index (χ2v) is 6.44. The second-order valence-electron chi connectivity index (χ2n) is 6.44. The summed E-state index contributed by atoms with van der Waals surface area (Å²) >= 11 is 0. The van der Waals surface area contributed by atoms with Crippen LogP contribution in [0.3, 0.4) is 0 Å². The van der Waals surface area contributed by atoms with Crippen LogP contribution >= 0.6 is 0 Å². The zero-order chi connectivity index (χ0) is 16.2. The normalized spacial score (nSPS) is 16.5.